The van der Waals surface area contributed by atoms with Gasteiger partial charge in [-0.2, -0.15) is 0 Å². The number of amides is 2. The van der Waals surface area contributed by atoms with Gasteiger partial charge in [0.2, 0.25) is 6.43 Å². The van der Waals surface area contributed by atoms with Crippen molar-refractivity contribution in [3.63, 3.8) is 0 Å². The summed E-state index contributed by atoms with van der Waals surface area (Å²) in [5.74, 6) is 0.0101. The standard InChI is InChI=1S/C23H24F2N4O3/c1-27-12-16-9-17(4-5-18(16)23(27)31)29-7-8-32-19-10-15(11-26-21(19)29)22(30)28-6-2-3-14(13-28)20(24)25/h4-5,9-11,14,20H,2-3,6-8,12-13H2,1H3/t14-/m1/s1. The van der Waals surface area contributed by atoms with Gasteiger partial charge in [0, 0.05) is 50.0 Å². The molecule has 1 aromatic heterocycles. The van der Waals surface area contributed by atoms with E-state index in [1.165, 1.54) is 11.1 Å². The van der Waals surface area contributed by atoms with E-state index < -0.39 is 12.3 Å². The molecule has 0 unspecified atom stereocenters. The minimum absolute atomic E-state index is 0.0157. The van der Waals surface area contributed by atoms with Crippen LogP contribution in [0.15, 0.2) is 30.5 Å². The minimum atomic E-state index is -2.42. The fraction of sp³-hybridized carbons (Fsp3) is 0.435. The lowest BCUT2D eigenvalue weighted by Crippen LogP contribution is -2.42. The number of hydrogen-bond donors (Lipinski definition) is 0. The van der Waals surface area contributed by atoms with Crippen LogP contribution in [-0.2, 0) is 6.54 Å². The van der Waals surface area contributed by atoms with E-state index in [1.807, 2.05) is 23.1 Å². The molecule has 168 valence electrons. The first kappa shape index (κ1) is 20.7. The molecule has 0 saturated carbocycles. The molecule has 1 aromatic carbocycles. The molecule has 1 fully saturated rings. The van der Waals surface area contributed by atoms with E-state index in [-0.39, 0.29) is 18.4 Å². The molecular weight excluding hydrogens is 418 g/mol. The monoisotopic (exact) mass is 442 g/mol. The van der Waals surface area contributed by atoms with Crippen LogP contribution in [0.25, 0.3) is 0 Å². The summed E-state index contributed by atoms with van der Waals surface area (Å²) in [6.45, 7) is 2.09. The second kappa shape index (κ2) is 8.03. The first-order valence-electron chi connectivity index (χ1n) is 10.8. The summed E-state index contributed by atoms with van der Waals surface area (Å²) in [5, 5.41) is 0. The van der Waals surface area contributed by atoms with E-state index >= 15 is 0 Å². The molecule has 0 radical (unpaired) electrons. The van der Waals surface area contributed by atoms with Crippen LogP contribution in [0.3, 0.4) is 0 Å². The van der Waals surface area contributed by atoms with Crippen molar-refractivity contribution >= 4 is 23.3 Å². The number of benzene rings is 1. The van der Waals surface area contributed by atoms with E-state index in [9.17, 15) is 18.4 Å². The second-order valence-electron chi connectivity index (χ2n) is 8.54. The van der Waals surface area contributed by atoms with Gasteiger partial charge in [0.25, 0.3) is 11.8 Å². The average Bonchev–Trinajstić information content (AvgIpc) is 3.10. The number of pyridine rings is 1. The first-order valence-corrected chi connectivity index (χ1v) is 10.8. The highest BCUT2D eigenvalue weighted by Crippen LogP contribution is 2.37. The summed E-state index contributed by atoms with van der Waals surface area (Å²) in [4.78, 5) is 34.8. The summed E-state index contributed by atoms with van der Waals surface area (Å²) in [6, 6.07) is 7.36. The molecule has 1 atom stereocenters. The zero-order valence-corrected chi connectivity index (χ0v) is 17.8. The molecule has 2 aromatic rings. The molecule has 0 aliphatic carbocycles. The highest BCUT2D eigenvalue weighted by molar-refractivity contribution is 5.99. The zero-order valence-electron chi connectivity index (χ0n) is 17.8. The molecule has 32 heavy (non-hydrogen) atoms. The maximum absolute atomic E-state index is 13.1. The van der Waals surface area contributed by atoms with Gasteiger partial charge in [0.15, 0.2) is 11.6 Å². The topological polar surface area (TPSA) is 66.0 Å². The quantitative estimate of drug-likeness (QED) is 0.730. The van der Waals surface area contributed by atoms with Crippen LogP contribution in [0.1, 0.15) is 39.1 Å². The summed E-state index contributed by atoms with van der Waals surface area (Å²) >= 11 is 0. The highest BCUT2D eigenvalue weighted by Gasteiger charge is 2.31. The summed E-state index contributed by atoms with van der Waals surface area (Å²) < 4.78 is 32.0. The molecular formula is C23H24F2N4O3. The Morgan fingerprint density at radius 2 is 2.09 bits per heavy atom. The lowest BCUT2D eigenvalue weighted by atomic mass is 9.98. The predicted molar refractivity (Wildman–Crippen MR) is 114 cm³/mol. The number of carbonyl (C=O) groups excluding carboxylic acids is 2. The minimum Gasteiger partial charge on any atom is -0.488 e. The van der Waals surface area contributed by atoms with E-state index in [2.05, 4.69) is 4.98 Å². The Bertz CT molecular complexity index is 1080. The van der Waals surface area contributed by atoms with Crippen LogP contribution in [0, 0.1) is 5.92 Å². The number of fused-ring (bicyclic) bond motifs is 2. The van der Waals surface area contributed by atoms with E-state index in [0.717, 1.165) is 11.3 Å². The van der Waals surface area contributed by atoms with Crippen molar-refractivity contribution in [2.75, 3.05) is 38.2 Å². The molecule has 5 rings (SSSR count). The predicted octanol–water partition coefficient (Wildman–Crippen LogP) is 3.32. The van der Waals surface area contributed by atoms with Gasteiger partial charge in [0.1, 0.15) is 6.61 Å². The molecule has 3 aliphatic rings. The molecule has 3 aliphatic heterocycles. The SMILES string of the molecule is CN1Cc2cc(N3CCOc4cc(C(=O)N5CCC[C@@H](C(F)F)C5)cnc43)ccc2C1=O. The zero-order chi connectivity index (χ0) is 22.4. The van der Waals surface area contributed by atoms with Crippen molar-refractivity contribution < 1.29 is 23.1 Å². The third-order valence-corrected chi connectivity index (χ3v) is 6.39. The number of alkyl halides is 2. The van der Waals surface area contributed by atoms with Gasteiger partial charge in [-0.25, -0.2) is 13.8 Å². The maximum atomic E-state index is 13.1. The van der Waals surface area contributed by atoms with Crippen molar-refractivity contribution in [2.45, 2.75) is 25.8 Å². The Labute approximate surface area is 184 Å². The Hall–Kier alpha value is -3.23. The lowest BCUT2D eigenvalue weighted by molar-refractivity contribution is 0.0253. The van der Waals surface area contributed by atoms with Crippen LogP contribution in [0.4, 0.5) is 20.3 Å². The summed E-state index contributed by atoms with van der Waals surface area (Å²) in [5.41, 5.74) is 2.91. The largest absolute Gasteiger partial charge is 0.488 e. The molecule has 0 bridgehead atoms. The van der Waals surface area contributed by atoms with Gasteiger partial charge in [-0.05, 0) is 42.7 Å². The maximum Gasteiger partial charge on any atom is 0.255 e. The summed E-state index contributed by atoms with van der Waals surface area (Å²) in [6.07, 6.45) is 0.0646. The Kier molecular flexibility index (Phi) is 5.19. The molecule has 0 spiro atoms. The van der Waals surface area contributed by atoms with Crippen LogP contribution in [-0.4, -0.2) is 66.3 Å². The fourth-order valence-electron chi connectivity index (χ4n) is 4.67. The molecule has 4 heterocycles. The normalized spacial score (nSPS) is 20.3. The van der Waals surface area contributed by atoms with E-state index in [0.29, 0.717) is 61.8 Å². The van der Waals surface area contributed by atoms with Crippen molar-refractivity contribution in [2.24, 2.45) is 5.92 Å². The van der Waals surface area contributed by atoms with Gasteiger partial charge in [-0.1, -0.05) is 0 Å². The number of anilines is 2. The number of nitrogens with zero attached hydrogens (tertiary/aromatic N) is 4. The van der Waals surface area contributed by atoms with Crippen molar-refractivity contribution in [1.82, 2.24) is 14.8 Å². The Balaban J connectivity index is 1.39. The van der Waals surface area contributed by atoms with Crippen LogP contribution in [0.2, 0.25) is 0 Å². The Morgan fingerprint density at radius 1 is 1.25 bits per heavy atom. The number of aromatic nitrogens is 1. The van der Waals surface area contributed by atoms with Crippen LogP contribution < -0.4 is 9.64 Å². The van der Waals surface area contributed by atoms with Crippen molar-refractivity contribution in [1.29, 1.82) is 0 Å². The number of carbonyl (C=O) groups is 2. The number of rotatable bonds is 3. The lowest BCUT2D eigenvalue weighted by Gasteiger charge is -2.33. The second-order valence-corrected chi connectivity index (χ2v) is 8.54. The smallest absolute Gasteiger partial charge is 0.255 e. The molecule has 0 N–H and O–H groups in total. The number of hydrogen-bond acceptors (Lipinski definition) is 5. The number of likely N-dealkylation sites (tertiary alicyclic amines) is 1. The Morgan fingerprint density at radius 3 is 2.91 bits per heavy atom. The summed E-state index contributed by atoms with van der Waals surface area (Å²) in [7, 11) is 1.78. The van der Waals surface area contributed by atoms with Gasteiger partial charge < -0.3 is 19.4 Å². The number of ether oxygens (including phenoxy) is 1. The van der Waals surface area contributed by atoms with E-state index in [4.69, 9.17) is 4.74 Å². The van der Waals surface area contributed by atoms with Crippen molar-refractivity contribution in [3.8, 4) is 5.75 Å². The highest BCUT2D eigenvalue weighted by atomic mass is 19.3. The molecule has 1 saturated heterocycles. The number of halogens is 2. The van der Waals surface area contributed by atoms with Crippen molar-refractivity contribution in [3.05, 3.63) is 47.2 Å². The van der Waals surface area contributed by atoms with Crippen LogP contribution in [0.5, 0.6) is 5.75 Å². The van der Waals surface area contributed by atoms with Gasteiger partial charge >= 0.3 is 0 Å². The van der Waals surface area contributed by atoms with Gasteiger partial charge in [0.05, 0.1) is 12.1 Å². The molecule has 2 amide bonds. The average molecular weight is 442 g/mol. The molecule has 9 heteroatoms. The van der Waals surface area contributed by atoms with E-state index in [1.54, 1.807) is 18.0 Å². The van der Waals surface area contributed by atoms with Gasteiger partial charge in [-0.3, -0.25) is 9.59 Å². The molecule has 7 nitrogen and oxygen atoms in total. The third-order valence-electron chi connectivity index (χ3n) is 6.39. The first-order chi connectivity index (χ1) is 15.4. The third kappa shape index (κ3) is 3.55. The van der Waals surface area contributed by atoms with Crippen LogP contribution >= 0.6 is 0 Å². The fourth-order valence-corrected chi connectivity index (χ4v) is 4.67. The number of piperidine rings is 1. The van der Waals surface area contributed by atoms with Gasteiger partial charge in [-0.15, -0.1) is 0 Å².